The summed E-state index contributed by atoms with van der Waals surface area (Å²) in [6.45, 7) is 6.57. The summed E-state index contributed by atoms with van der Waals surface area (Å²) in [6.07, 6.45) is 2.48. The van der Waals surface area contributed by atoms with Crippen molar-refractivity contribution in [3.8, 4) is 0 Å². The van der Waals surface area contributed by atoms with E-state index < -0.39 is 0 Å². The number of nitrogens with one attached hydrogen (secondary N) is 1. The Morgan fingerprint density at radius 1 is 1.12 bits per heavy atom. The minimum absolute atomic E-state index is 1.11. The SMILES string of the molecule is CNCCCCN(C)c1ccc(C)c(C)c1. The first-order valence-corrected chi connectivity index (χ1v) is 6.08. The van der Waals surface area contributed by atoms with Crippen molar-refractivity contribution >= 4 is 5.69 Å². The van der Waals surface area contributed by atoms with E-state index in [1.807, 2.05) is 7.05 Å². The van der Waals surface area contributed by atoms with Gasteiger partial charge in [-0.1, -0.05) is 6.07 Å². The highest BCUT2D eigenvalue weighted by Crippen LogP contribution is 2.17. The number of nitrogens with zero attached hydrogens (tertiary/aromatic N) is 1. The lowest BCUT2D eigenvalue weighted by Gasteiger charge is -2.20. The summed E-state index contributed by atoms with van der Waals surface area (Å²) in [7, 11) is 4.18. The average molecular weight is 220 g/mol. The first-order valence-electron chi connectivity index (χ1n) is 6.08. The molecule has 1 rings (SSSR count). The third-order valence-electron chi connectivity index (χ3n) is 3.10. The Kier molecular flexibility index (Phi) is 5.33. The second-order valence-corrected chi connectivity index (χ2v) is 4.50. The molecule has 0 saturated carbocycles. The van der Waals surface area contributed by atoms with Gasteiger partial charge >= 0.3 is 0 Å². The van der Waals surface area contributed by atoms with E-state index in [4.69, 9.17) is 0 Å². The highest BCUT2D eigenvalue weighted by Gasteiger charge is 2.01. The molecule has 16 heavy (non-hydrogen) atoms. The Balaban J connectivity index is 2.46. The number of rotatable bonds is 6. The molecule has 0 radical (unpaired) electrons. The lowest BCUT2D eigenvalue weighted by Crippen LogP contribution is -2.20. The molecule has 0 aromatic heterocycles. The standard InChI is InChI=1S/C14H24N2/c1-12-7-8-14(11-13(12)2)16(4)10-6-5-9-15-3/h7-8,11,15H,5-6,9-10H2,1-4H3. The van der Waals surface area contributed by atoms with Crippen LogP contribution in [0.15, 0.2) is 18.2 Å². The molecular formula is C14H24N2. The maximum Gasteiger partial charge on any atom is 0.0366 e. The van der Waals surface area contributed by atoms with Crippen LogP contribution in [0.2, 0.25) is 0 Å². The third-order valence-corrected chi connectivity index (χ3v) is 3.10. The maximum absolute atomic E-state index is 3.18. The summed E-state index contributed by atoms with van der Waals surface area (Å²) in [5.74, 6) is 0. The summed E-state index contributed by atoms with van der Waals surface area (Å²) in [6, 6.07) is 6.68. The second kappa shape index (κ2) is 6.54. The van der Waals surface area contributed by atoms with E-state index in [1.54, 1.807) is 0 Å². The molecule has 0 amide bonds. The molecule has 1 aromatic carbocycles. The smallest absolute Gasteiger partial charge is 0.0366 e. The van der Waals surface area contributed by atoms with Crippen LogP contribution in [0.25, 0.3) is 0 Å². The molecule has 0 aliphatic rings. The number of benzene rings is 1. The molecule has 0 fully saturated rings. The number of unbranched alkanes of at least 4 members (excludes halogenated alkanes) is 1. The quantitative estimate of drug-likeness (QED) is 0.742. The molecule has 0 aliphatic carbocycles. The topological polar surface area (TPSA) is 15.3 Å². The van der Waals surface area contributed by atoms with Crippen LogP contribution in [0.5, 0.6) is 0 Å². The molecule has 0 bridgehead atoms. The van der Waals surface area contributed by atoms with Gasteiger partial charge in [0.2, 0.25) is 0 Å². The number of aryl methyl sites for hydroxylation is 2. The van der Waals surface area contributed by atoms with Crippen LogP contribution in [0.1, 0.15) is 24.0 Å². The van der Waals surface area contributed by atoms with E-state index in [0.717, 1.165) is 13.1 Å². The van der Waals surface area contributed by atoms with Crippen LogP contribution >= 0.6 is 0 Å². The zero-order valence-electron chi connectivity index (χ0n) is 11.0. The van der Waals surface area contributed by atoms with Crippen molar-refractivity contribution in [2.45, 2.75) is 26.7 Å². The minimum Gasteiger partial charge on any atom is -0.375 e. The lowest BCUT2D eigenvalue weighted by molar-refractivity contribution is 0.671. The van der Waals surface area contributed by atoms with Crippen molar-refractivity contribution in [2.75, 3.05) is 32.1 Å². The summed E-state index contributed by atoms with van der Waals surface area (Å²) in [5, 5.41) is 3.18. The van der Waals surface area contributed by atoms with E-state index in [1.165, 1.54) is 29.7 Å². The fourth-order valence-corrected chi connectivity index (χ4v) is 1.74. The minimum atomic E-state index is 1.11. The van der Waals surface area contributed by atoms with Gasteiger partial charge in [0, 0.05) is 19.3 Å². The van der Waals surface area contributed by atoms with Crippen molar-refractivity contribution in [3.05, 3.63) is 29.3 Å². The van der Waals surface area contributed by atoms with Crippen molar-refractivity contribution in [2.24, 2.45) is 0 Å². The van der Waals surface area contributed by atoms with Gasteiger partial charge in [-0.3, -0.25) is 0 Å². The molecule has 0 spiro atoms. The van der Waals surface area contributed by atoms with Crippen LogP contribution in [-0.2, 0) is 0 Å². The molecule has 2 nitrogen and oxygen atoms in total. The summed E-state index contributed by atoms with van der Waals surface area (Å²) < 4.78 is 0. The van der Waals surface area contributed by atoms with Gasteiger partial charge < -0.3 is 10.2 Å². The van der Waals surface area contributed by atoms with Crippen molar-refractivity contribution in [1.29, 1.82) is 0 Å². The predicted octanol–water partition coefficient (Wildman–Crippen LogP) is 2.74. The van der Waals surface area contributed by atoms with Gasteiger partial charge in [0.15, 0.2) is 0 Å². The third kappa shape index (κ3) is 3.86. The highest BCUT2D eigenvalue weighted by molar-refractivity contribution is 5.49. The molecule has 2 heteroatoms. The summed E-state index contributed by atoms with van der Waals surface area (Å²) in [4.78, 5) is 2.34. The Morgan fingerprint density at radius 3 is 2.50 bits per heavy atom. The molecular weight excluding hydrogens is 196 g/mol. The van der Waals surface area contributed by atoms with Crippen molar-refractivity contribution in [1.82, 2.24) is 5.32 Å². The number of anilines is 1. The first kappa shape index (κ1) is 13.0. The number of hydrogen-bond acceptors (Lipinski definition) is 2. The van der Waals surface area contributed by atoms with Gasteiger partial charge in [0.25, 0.3) is 0 Å². The van der Waals surface area contributed by atoms with Gasteiger partial charge in [0.05, 0.1) is 0 Å². The fourth-order valence-electron chi connectivity index (χ4n) is 1.74. The Labute approximate surface area is 99.7 Å². The summed E-state index contributed by atoms with van der Waals surface area (Å²) in [5.41, 5.74) is 4.07. The van der Waals surface area contributed by atoms with Gasteiger partial charge in [-0.25, -0.2) is 0 Å². The molecule has 0 unspecified atom stereocenters. The molecule has 0 heterocycles. The maximum atomic E-state index is 3.18. The zero-order valence-corrected chi connectivity index (χ0v) is 11.0. The van der Waals surface area contributed by atoms with E-state index in [2.05, 4.69) is 49.3 Å². The monoisotopic (exact) mass is 220 g/mol. The van der Waals surface area contributed by atoms with Crippen LogP contribution in [0.4, 0.5) is 5.69 Å². The molecule has 0 aliphatic heterocycles. The predicted molar refractivity (Wildman–Crippen MR) is 72.3 cm³/mol. The second-order valence-electron chi connectivity index (χ2n) is 4.50. The van der Waals surface area contributed by atoms with Gasteiger partial charge in [-0.15, -0.1) is 0 Å². The van der Waals surface area contributed by atoms with Crippen molar-refractivity contribution in [3.63, 3.8) is 0 Å². The molecule has 1 aromatic rings. The van der Waals surface area contributed by atoms with E-state index in [9.17, 15) is 0 Å². The molecule has 0 atom stereocenters. The van der Waals surface area contributed by atoms with Gasteiger partial charge in [0.1, 0.15) is 0 Å². The van der Waals surface area contributed by atoms with Crippen molar-refractivity contribution < 1.29 is 0 Å². The fraction of sp³-hybridized carbons (Fsp3) is 0.571. The highest BCUT2D eigenvalue weighted by atomic mass is 15.1. The zero-order chi connectivity index (χ0) is 12.0. The van der Waals surface area contributed by atoms with Gasteiger partial charge in [-0.2, -0.15) is 0 Å². The van der Waals surface area contributed by atoms with E-state index in [0.29, 0.717) is 0 Å². The summed E-state index contributed by atoms with van der Waals surface area (Å²) >= 11 is 0. The number of hydrogen-bond donors (Lipinski definition) is 1. The Hall–Kier alpha value is -1.02. The Bertz CT molecular complexity index is 321. The van der Waals surface area contributed by atoms with Gasteiger partial charge in [-0.05, 0) is 63.5 Å². The normalized spacial score (nSPS) is 10.5. The van der Waals surface area contributed by atoms with E-state index in [-0.39, 0.29) is 0 Å². The molecule has 0 saturated heterocycles. The van der Waals surface area contributed by atoms with Crippen LogP contribution in [0, 0.1) is 13.8 Å². The molecule has 1 N–H and O–H groups in total. The van der Waals surface area contributed by atoms with Crippen LogP contribution < -0.4 is 10.2 Å². The average Bonchev–Trinajstić information content (AvgIpc) is 2.28. The molecule has 90 valence electrons. The first-order chi connectivity index (χ1) is 7.65. The largest absolute Gasteiger partial charge is 0.375 e. The van der Waals surface area contributed by atoms with E-state index >= 15 is 0 Å². The van der Waals surface area contributed by atoms with Crippen LogP contribution in [0.3, 0.4) is 0 Å². The Morgan fingerprint density at radius 2 is 1.88 bits per heavy atom. The van der Waals surface area contributed by atoms with Crippen LogP contribution in [-0.4, -0.2) is 27.2 Å². The lowest BCUT2D eigenvalue weighted by atomic mass is 10.1.